The quantitative estimate of drug-likeness (QED) is 0.226. The summed E-state index contributed by atoms with van der Waals surface area (Å²) in [6.45, 7) is 7.15. The fourth-order valence-corrected chi connectivity index (χ4v) is 5.74. The first-order chi connectivity index (χ1) is 21.2. The lowest BCUT2D eigenvalue weighted by atomic mass is 9.92. The number of carbonyl (C=O) groups excluding carboxylic acids is 2. The molecule has 232 valence electrons. The summed E-state index contributed by atoms with van der Waals surface area (Å²) in [5.74, 6) is -0.386. The summed E-state index contributed by atoms with van der Waals surface area (Å²) >= 11 is 0. The maximum atomic E-state index is 14.1. The van der Waals surface area contributed by atoms with E-state index in [4.69, 9.17) is 4.74 Å². The summed E-state index contributed by atoms with van der Waals surface area (Å²) in [6.07, 6.45) is 1.91. The number of halogens is 1. The molecule has 0 bridgehead atoms. The lowest BCUT2D eigenvalue weighted by Gasteiger charge is -2.37. The van der Waals surface area contributed by atoms with Gasteiger partial charge in [-0.3, -0.25) is 4.79 Å². The van der Waals surface area contributed by atoms with Crippen LogP contribution in [0.4, 0.5) is 20.6 Å². The van der Waals surface area contributed by atoms with Crippen LogP contribution in [0.2, 0.25) is 0 Å². The molecule has 3 amide bonds. The Morgan fingerprint density at radius 3 is 2.45 bits per heavy atom. The van der Waals surface area contributed by atoms with E-state index in [1.807, 2.05) is 76.6 Å². The summed E-state index contributed by atoms with van der Waals surface area (Å²) in [5.41, 5.74) is 4.41. The minimum absolute atomic E-state index is 0.279. The van der Waals surface area contributed by atoms with E-state index in [0.717, 1.165) is 27.7 Å². The molecule has 0 radical (unpaired) electrons. The number of hydrogen-bond acceptors (Lipinski definition) is 5. The Morgan fingerprint density at radius 2 is 1.75 bits per heavy atom. The third-order valence-electron chi connectivity index (χ3n) is 8.03. The van der Waals surface area contributed by atoms with Gasteiger partial charge in [-0.2, -0.15) is 0 Å². The van der Waals surface area contributed by atoms with Gasteiger partial charge in [-0.1, -0.05) is 31.2 Å². The van der Waals surface area contributed by atoms with Crippen molar-refractivity contribution >= 4 is 34.2 Å². The molecule has 44 heavy (non-hydrogen) atoms. The average molecular weight is 601 g/mol. The van der Waals surface area contributed by atoms with Gasteiger partial charge in [0.15, 0.2) is 0 Å². The first kappa shape index (κ1) is 30.9. The van der Waals surface area contributed by atoms with Crippen molar-refractivity contribution in [1.82, 2.24) is 20.1 Å². The monoisotopic (exact) mass is 600 g/mol. The Morgan fingerprint density at radius 1 is 1.02 bits per heavy atom. The number of H-pyrrole nitrogens is 1. The van der Waals surface area contributed by atoms with Gasteiger partial charge in [0.25, 0.3) is 0 Å². The van der Waals surface area contributed by atoms with Gasteiger partial charge in [-0.25, -0.2) is 9.18 Å². The smallest absolute Gasteiger partial charge is 0.318 e. The number of urea groups is 1. The highest BCUT2D eigenvalue weighted by atomic mass is 19.1. The van der Waals surface area contributed by atoms with E-state index < -0.39 is 6.04 Å². The topological polar surface area (TPSA) is 92.9 Å². The molecule has 0 unspecified atom stereocenters. The Labute approximate surface area is 258 Å². The fourth-order valence-electron chi connectivity index (χ4n) is 5.74. The van der Waals surface area contributed by atoms with Crippen molar-refractivity contribution in [1.29, 1.82) is 0 Å². The van der Waals surface area contributed by atoms with E-state index in [2.05, 4.69) is 25.4 Å². The van der Waals surface area contributed by atoms with Crippen LogP contribution in [0.3, 0.4) is 0 Å². The lowest BCUT2D eigenvalue weighted by molar-refractivity contribution is -0.118. The normalized spacial score (nSPS) is 14.9. The van der Waals surface area contributed by atoms with Gasteiger partial charge in [0.2, 0.25) is 5.91 Å². The maximum absolute atomic E-state index is 14.1. The van der Waals surface area contributed by atoms with Crippen LogP contribution in [0.5, 0.6) is 5.75 Å². The van der Waals surface area contributed by atoms with Gasteiger partial charge in [-0.15, -0.1) is 0 Å². The van der Waals surface area contributed by atoms with Gasteiger partial charge in [0.1, 0.15) is 17.6 Å². The number of aromatic nitrogens is 1. The second-order valence-electron chi connectivity index (χ2n) is 11.4. The molecule has 9 nitrogen and oxygen atoms in total. The number of benzene rings is 3. The van der Waals surface area contributed by atoms with Crippen LogP contribution in [-0.4, -0.2) is 79.6 Å². The average Bonchev–Trinajstić information content (AvgIpc) is 3.45. The van der Waals surface area contributed by atoms with E-state index in [9.17, 15) is 14.0 Å². The molecule has 2 heterocycles. The standard InChI is InChI=1S/C34H41FN6O3/c1-5-44-31-15-10-24(22-39(3)4)20-30(31)37-33(42)32(23(2)28-21-36-29-9-7-6-8-27(28)29)38-34(43)41-18-16-40(17-19-41)26-13-11-25(35)12-14-26/h6-15,20-21,23,32,36H,5,16-19,22H2,1-4H3,(H,37,42)(H,38,43)/t23-,32-/m1/s1. The number of hydrogen-bond donors (Lipinski definition) is 3. The van der Waals surface area contributed by atoms with Gasteiger partial charge in [0.05, 0.1) is 12.3 Å². The Balaban J connectivity index is 1.37. The van der Waals surface area contributed by atoms with Gasteiger partial charge in [0, 0.05) is 61.4 Å². The van der Waals surface area contributed by atoms with E-state index in [0.29, 0.717) is 50.8 Å². The number of rotatable bonds is 10. The first-order valence-electron chi connectivity index (χ1n) is 15.1. The van der Waals surface area contributed by atoms with Gasteiger partial charge in [-0.05, 0) is 74.6 Å². The molecule has 1 fully saturated rings. The second-order valence-corrected chi connectivity index (χ2v) is 11.4. The highest BCUT2D eigenvalue weighted by Crippen LogP contribution is 2.31. The highest BCUT2D eigenvalue weighted by Gasteiger charge is 2.32. The summed E-state index contributed by atoms with van der Waals surface area (Å²) in [4.78, 5) is 37.0. The van der Waals surface area contributed by atoms with E-state index in [-0.39, 0.29) is 23.7 Å². The molecular weight excluding hydrogens is 559 g/mol. The lowest BCUT2D eigenvalue weighted by Crippen LogP contribution is -2.56. The number of carbonyl (C=O) groups is 2. The van der Waals surface area contributed by atoms with Crippen molar-refractivity contribution in [2.24, 2.45) is 0 Å². The predicted octanol–water partition coefficient (Wildman–Crippen LogP) is 5.41. The minimum atomic E-state index is -0.871. The molecule has 4 aromatic rings. The summed E-state index contributed by atoms with van der Waals surface area (Å²) in [6, 6.07) is 18.9. The van der Waals surface area contributed by atoms with Crippen LogP contribution in [0.1, 0.15) is 30.9 Å². The van der Waals surface area contributed by atoms with Crippen LogP contribution in [0.15, 0.2) is 72.9 Å². The molecule has 0 spiro atoms. The number of para-hydroxylation sites is 1. The number of anilines is 2. The van der Waals surface area contributed by atoms with E-state index >= 15 is 0 Å². The highest BCUT2D eigenvalue weighted by molar-refractivity contribution is 5.99. The van der Waals surface area contributed by atoms with E-state index in [1.165, 1.54) is 12.1 Å². The van der Waals surface area contributed by atoms with Crippen LogP contribution in [0, 0.1) is 5.82 Å². The van der Waals surface area contributed by atoms with Crippen molar-refractivity contribution in [2.45, 2.75) is 32.4 Å². The zero-order valence-electron chi connectivity index (χ0n) is 25.8. The molecule has 10 heteroatoms. The number of amides is 3. The Kier molecular flexibility index (Phi) is 9.69. The molecule has 1 aliphatic heterocycles. The van der Waals surface area contributed by atoms with Crippen molar-refractivity contribution in [3.8, 4) is 5.75 Å². The molecule has 5 rings (SSSR count). The zero-order valence-corrected chi connectivity index (χ0v) is 25.8. The minimum Gasteiger partial charge on any atom is -0.492 e. The molecule has 0 aliphatic carbocycles. The predicted molar refractivity (Wildman–Crippen MR) is 173 cm³/mol. The van der Waals surface area contributed by atoms with E-state index in [1.54, 1.807) is 17.0 Å². The Bertz CT molecular complexity index is 1580. The van der Waals surface area contributed by atoms with Crippen molar-refractivity contribution < 1.29 is 18.7 Å². The van der Waals surface area contributed by atoms with Crippen molar-refractivity contribution in [2.75, 3.05) is 57.1 Å². The van der Waals surface area contributed by atoms with Gasteiger partial charge >= 0.3 is 6.03 Å². The van der Waals surface area contributed by atoms with Gasteiger partial charge < -0.3 is 35.1 Å². The molecule has 3 N–H and O–H groups in total. The zero-order chi connectivity index (χ0) is 31.2. The maximum Gasteiger partial charge on any atom is 0.318 e. The molecule has 1 saturated heterocycles. The van der Waals surface area contributed by atoms with Crippen LogP contribution in [-0.2, 0) is 11.3 Å². The number of nitrogens with one attached hydrogen (secondary N) is 3. The third kappa shape index (κ3) is 7.14. The number of fused-ring (bicyclic) bond motifs is 1. The SMILES string of the molecule is CCOc1ccc(CN(C)C)cc1NC(=O)[C@H](NC(=O)N1CCN(c2ccc(F)cc2)CC1)[C@H](C)c1c[nH]c2ccccc12. The largest absolute Gasteiger partial charge is 0.492 e. The molecule has 2 atom stereocenters. The summed E-state index contributed by atoms with van der Waals surface area (Å²) < 4.78 is 19.2. The number of piperazine rings is 1. The summed E-state index contributed by atoms with van der Waals surface area (Å²) in [5, 5.41) is 7.14. The Hall–Kier alpha value is -4.57. The second kappa shape index (κ2) is 13.8. The first-order valence-corrected chi connectivity index (χ1v) is 15.1. The molecule has 0 saturated carbocycles. The summed E-state index contributed by atoms with van der Waals surface area (Å²) in [7, 11) is 3.98. The molecule has 1 aromatic heterocycles. The fraction of sp³-hybridized carbons (Fsp3) is 0.353. The van der Waals surface area contributed by atoms with Crippen molar-refractivity contribution in [3.05, 3.63) is 89.9 Å². The number of ether oxygens (including phenoxy) is 1. The molecule has 3 aromatic carbocycles. The number of aromatic amines is 1. The number of nitrogens with zero attached hydrogens (tertiary/aromatic N) is 3. The van der Waals surface area contributed by atoms with Crippen LogP contribution < -0.4 is 20.3 Å². The van der Waals surface area contributed by atoms with Crippen LogP contribution in [0.25, 0.3) is 10.9 Å². The molecular formula is C34H41FN6O3. The molecule has 1 aliphatic rings. The third-order valence-corrected chi connectivity index (χ3v) is 8.03. The van der Waals surface area contributed by atoms with Crippen molar-refractivity contribution in [3.63, 3.8) is 0 Å². The van der Waals surface area contributed by atoms with Crippen LogP contribution >= 0.6 is 0 Å².